The van der Waals surface area contributed by atoms with Gasteiger partial charge in [-0.2, -0.15) is 0 Å². The van der Waals surface area contributed by atoms with Crippen LogP contribution in [-0.4, -0.2) is 13.2 Å². The van der Waals surface area contributed by atoms with Crippen LogP contribution < -0.4 is 0 Å². The molecule has 1 nitrogen and oxygen atoms in total. The zero-order valence-electron chi connectivity index (χ0n) is 12.2. The summed E-state index contributed by atoms with van der Waals surface area (Å²) >= 11 is 0. The molecule has 17 heavy (non-hydrogen) atoms. The van der Waals surface area contributed by atoms with Crippen molar-refractivity contribution in [3.63, 3.8) is 0 Å². The topological polar surface area (TPSA) is 9.23 Å². The molecule has 1 heteroatoms. The van der Waals surface area contributed by atoms with Crippen molar-refractivity contribution in [3.05, 3.63) is 6.92 Å². The van der Waals surface area contributed by atoms with Crippen LogP contribution in [0, 0.1) is 12.8 Å². The van der Waals surface area contributed by atoms with E-state index in [1.54, 1.807) is 0 Å². The molecule has 0 aliphatic rings. The third-order valence-corrected chi connectivity index (χ3v) is 2.99. The highest BCUT2D eigenvalue weighted by Gasteiger charge is 1.95. The summed E-state index contributed by atoms with van der Waals surface area (Å²) in [5.41, 5.74) is 0. The minimum absolute atomic E-state index is 0.674. The smallest absolute Gasteiger partial charge is 0.0488 e. The van der Waals surface area contributed by atoms with E-state index in [2.05, 4.69) is 20.8 Å². The van der Waals surface area contributed by atoms with Gasteiger partial charge in [0.25, 0.3) is 0 Å². The van der Waals surface area contributed by atoms with E-state index in [9.17, 15) is 0 Å². The Morgan fingerprint density at radius 3 is 1.71 bits per heavy atom. The number of unbranched alkanes of at least 4 members (excludes halogenated alkanes) is 9. The molecule has 0 aromatic heterocycles. The maximum atomic E-state index is 5.56. The first-order chi connectivity index (χ1) is 8.27. The van der Waals surface area contributed by atoms with Crippen molar-refractivity contribution in [2.45, 2.75) is 78.1 Å². The van der Waals surface area contributed by atoms with Crippen molar-refractivity contribution in [2.75, 3.05) is 13.2 Å². The quantitative estimate of drug-likeness (QED) is 0.393. The molecule has 0 aromatic rings. The molecule has 0 N–H and O–H groups in total. The van der Waals surface area contributed by atoms with E-state index in [1.807, 2.05) is 0 Å². The van der Waals surface area contributed by atoms with Gasteiger partial charge in [-0.15, -0.1) is 0 Å². The summed E-state index contributed by atoms with van der Waals surface area (Å²) in [5.74, 6) is 0.674. The Hall–Kier alpha value is -0.0400. The number of hydrogen-bond acceptors (Lipinski definition) is 1. The molecule has 0 spiro atoms. The number of ether oxygens (including phenoxy) is 1. The van der Waals surface area contributed by atoms with Crippen LogP contribution in [0.1, 0.15) is 78.1 Å². The van der Waals surface area contributed by atoms with E-state index in [4.69, 9.17) is 4.74 Å². The average Bonchev–Trinajstić information content (AvgIpc) is 2.30. The zero-order chi connectivity index (χ0) is 12.8. The van der Waals surface area contributed by atoms with Gasteiger partial charge in [-0.3, -0.25) is 0 Å². The van der Waals surface area contributed by atoms with Crippen LogP contribution in [0.5, 0.6) is 0 Å². The lowest BCUT2D eigenvalue weighted by atomic mass is 10.1. The molecular weight excluding hydrogens is 208 g/mol. The molecule has 0 amide bonds. The van der Waals surface area contributed by atoms with Crippen LogP contribution >= 0.6 is 0 Å². The van der Waals surface area contributed by atoms with E-state index >= 15 is 0 Å². The molecule has 0 aromatic carbocycles. The van der Waals surface area contributed by atoms with Crippen LogP contribution in [0.15, 0.2) is 0 Å². The molecule has 0 aliphatic heterocycles. The number of rotatable bonds is 13. The normalized spacial score (nSPS) is 11.3. The van der Waals surface area contributed by atoms with Crippen molar-refractivity contribution in [1.82, 2.24) is 0 Å². The fraction of sp³-hybridized carbons (Fsp3) is 0.938. The Labute approximate surface area is 109 Å². The monoisotopic (exact) mass is 241 g/mol. The molecule has 0 fully saturated rings. The second-order valence-corrected chi connectivity index (χ2v) is 5.50. The van der Waals surface area contributed by atoms with E-state index in [0.717, 1.165) is 19.6 Å². The highest BCUT2D eigenvalue weighted by atomic mass is 16.5. The van der Waals surface area contributed by atoms with Gasteiger partial charge >= 0.3 is 0 Å². The summed E-state index contributed by atoms with van der Waals surface area (Å²) in [6.45, 7) is 10.2. The van der Waals surface area contributed by atoms with Gasteiger partial charge in [-0.25, -0.2) is 0 Å². The van der Waals surface area contributed by atoms with Gasteiger partial charge in [-0.05, 0) is 12.3 Å². The van der Waals surface area contributed by atoms with Gasteiger partial charge in [0.2, 0.25) is 0 Å². The zero-order valence-corrected chi connectivity index (χ0v) is 12.2. The molecule has 1 radical (unpaired) electrons. The van der Waals surface area contributed by atoms with Gasteiger partial charge in [-0.1, -0.05) is 78.6 Å². The molecule has 0 saturated heterocycles. The molecule has 0 rings (SSSR count). The van der Waals surface area contributed by atoms with Crippen molar-refractivity contribution in [2.24, 2.45) is 5.92 Å². The van der Waals surface area contributed by atoms with Crippen LogP contribution in [0.3, 0.4) is 0 Å². The Bertz CT molecular complexity index is 131. The SMILES string of the molecule is [CH2]CCCCCCCCCCCOCC(C)C. The predicted molar refractivity (Wildman–Crippen MR) is 77.2 cm³/mol. The Morgan fingerprint density at radius 2 is 1.24 bits per heavy atom. The molecule has 0 unspecified atom stereocenters. The molecule has 0 saturated carbocycles. The lowest BCUT2D eigenvalue weighted by molar-refractivity contribution is 0.106. The first-order valence-electron chi connectivity index (χ1n) is 7.64. The van der Waals surface area contributed by atoms with E-state index in [0.29, 0.717) is 5.92 Å². The summed E-state index contributed by atoms with van der Waals surface area (Å²) in [4.78, 5) is 0. The lowest BCUT2D eigenvalue weighted by Gasteiger charge is -2.06. The van der Waals surface area contributed by atoms with Gasteiger partial charge in [0.1, 0.15) is 0 Å². The van der Waals surface area contributed by atoms with E-state index < -0.39 is 0 Å². The molecule has 0 aliphatic carbocycles. The minimum atomic E-state index is 0.674. The van der Waals surface area contributed by atoms with Gasteiger partial charge in [0.15, 0.2) is 0 Å². The van der Waals surface area contributed by atoms with Gasteiger partial charge in [0.05, 0.1) is 0 Å². The fourth-order valence-corrected chi connectivity index (χ4v) is 1.94. The van der Waals surface area contributed by atoms with Gasteiger partial charge in [0, 0.05) is 13.2 Å². The van der Waals surface area contributed by atoms with Crippen molar-refractivity contribution >= 4 is 0 Å². The number of hydrogen-bond donors (Lipinski definition) is 0. The minimum Gasteiger partial charge on any atom is -0.381 e. The summed E-state index contributed by atoms with van der Waals surface area (Å²) in [5, 5.41) is 0. The molecule has 103 valence electrons. The highest BCUT2D eigenvalue weighted by molar-refractivity contribution is 4.48. The average molecular weight is 241 g/mol. The van der Waals surface area contributed by atoms with Crippen molar-refractivity contribution in [1.29, 1.82) is 0 Å². The Balaban J connectivity index is 2.89. The predicted octanol–water partition coefficient (Wildman–Crippen LogP) is 5.39. The summed E-state index contributed by atoms with van der Waals surface area (Å²) < 4.78 is 5.56. The fourth-order valence-electron chi connectivity index (χ4n) is 1.94. The highest BCUT2D eigenvalue weighted by Crippen LogP contribution is 2.10. The van der Waals surface area contributed by atoms with Crippen LogP contribution in [0.25, 0.3) is 0 Å². The van der Waals surface area contributed by atoms with Crippen LogP contribution in [0.4, 0.5) is 0 Å². The maximum Gasteiger partial charge on any atom is 0.0488 e. The molecule has 0 heterocycles. The lowest BCUT2D eigenvalue weighted by Crippen LogP contribution is -2.02. The summed E-state index contributed by atoms with van der Waals surface area (Å²) in [6, 6.07) is 0. The van der Waals surface area contributed by atoms with E-state index in [1.165, 1.54) is 57.8 Å². The third kappa shape index (κ3) is 16.0. The third-order valence-electron chi connectivity index (χ3n) is 2.99. The van der Waals surface area contributed by atoms with Crippen molar-refractivity contribution in [3.8, 4) is 0 Å². The standard InChI is InChI=1S/C16H33O/c1-4-5-6-7-8-9-10-11-12-13-14-17-15-16(2)3/h16H,1,4-15H2,2-3H3. The first-order valence-corrected chi connectivity index (χ1v) is 7.64. The Kier molecular flexibility index (Phi) is 14.0. The summed E-state index contributed by atoms with van der Waals surface area (Å²) in [7, 11) is 0. The second-order valence-electron chi connectivity index (χ2n) is 5.50. The largest absolute Gasteiger partial charge is 0.381 e. The molecule has 0 bridgehead atoms. The van der Waals surface area contributed by atoms with E-state index in [-0.39, 0.29) is 0 Å². The first kappa shape index (κ1) is 17.0. The second kappa shape index (κ2) is 14.0. The van der Waals surface area contributed by atoms with Crippen molar-refractivity contribution < 1.29 is 4.74 Å². The molecular formula is C16H33O. The summed E-state index contributed by atoms with van der Waals surface area (Å²) in [6.07, 6.45) is 13.4. The van der Waals surface area contributed by atoms with Gasteiger partial charge < -0.3 is 4.74 Å². The maximum absolute atomic E-state index is 5.56. The van der Waals surface area contributed by atoms with Crippen LogP contribution in [0.2, 0.25) is 0 Å². The Morgan fingerprint density at radius 1 is 0.765 bits per heavy atom. The molecule has 0 atom stereocenters. The van der Waals surface area contributed by atoms with Crippen LogP contribution in [-0.2, 0) is 4.74 Å².